The lowest BCUT2D eigenvalue weighted by Crippen LogP contribution is -2.47. The van der Waals surface area contributed by atoms with E-state index in [4.69, 9.17) is 28.4 Å². The van der Waals surface area contributed by atoms with Crippen LogP contribution in [0.25, 0.3) is 0 Å². The van der Waals surface area contributed by atoms with Crippen molar-refractivity contribution < 1.29 is 75.1 Å². The topological polar surface area (TPSA) is 331 Å². The summed E-state index contributed by atoms with van der Waals surface area (Å²) >= 11 is 1.85. The molecular weight excluding hydrogens is 1080 g/mol. The number of thioether (sulfide) groups is 1. The Hall–Kier alpha value is -7.22. The van der Waals surface area contributed by atoms with Crippen LogP contribution in [-0.4, -0.2) is 162 Å². The molecule has 2 fully saturated rings. The Balaban J connectivity index is 0.808. The second kappa shape index (κ2) is 31.5. The van der Waals surface area contributed by atoms with Crippen LogP contribution in [-0.2, 0) is 54.8 Å². The number of amides is 7. The molecule has 25 nitrogen and oxygen atoms in total. The van der Waals surface area contributed by atoms with Gasteiger partial charge < -0.3 is 65.2 Å². The second-order valence-corrected chi connectivity index (χ2v) is 21.4. The summed E-state index contributed by atoms with van der Waals surface area (Å²) in [6.07, 6.45) is 0.637. The van der Waals surface area contributed by atoms with E-state index in [0.717, 1.165) is 42.2 Å². The molecule has 5 atom stereocenters. The number of nitrogens with one attached hydrogen (secondary N) is 6. The highest BCUT2D eigenvalue weighted by atomic mass is 32.2. The Morgan fingerprint density at radius 2 is 1.48 bits per heavy atom. The molecule has 0 radical (unpaired) electrons. The lowest BCUT2D eigenvalue weighted by molar-refractivity contribution is -0.386. The van der Waals surface area contributed by atoms with E-state index in [9.17, 15) is 51.9 Å². The molecule has 0 saturated carbocycles. The summed E-state index contributed by atoms with van der Waals surface area (Å²) < 4.78 is 66.7. The van der Waals surface area contributed by atoms with Crippen LogP contribution in [0.2, 0.25) is 0 Å². The number of para-hydroxylation sites is 1. The van der Waals surface area contributed by atoms with E-state index in [1.807, 2.05) is 54.2 Å². The van der Waals surface area contributed by atoms with Crippen LogP contribution < -0.4 is 46.3 Å². The number of anilines is 1. The maximum Gasteiger partial charge on any atom is 0.407 e. The Labute approximate surface area is 467 Å². The predicted octanol–water partition coefficient (Wildman–Crippen LogP) is 3.27. The molecule has 6 rings (SSSR count). The predicted molar refractivity (Wildman–Crippen MR) is 293 cm³/mol. The molecule has 2 unspecified atom stereocenters. The van der Waals surface area contributed by atoms with Gasteiger partial charge in [-0.2, -0.15) is 20.2 Å². The van der Waals surface area contributed by atoms with Gasteiger partial charge in [0.1, 0.15) is 6.10 Å². The molecule has 0 aromatic heterocycles. The summed E-state index contributed by atoms with van der Waals surface area (Å²) in [7, 11) is -3.65. The largest absolute Gasteiger partial charge is 0.493 e. The number of methoxy groups -OCH3 is 1. The molecule has 2 saturated heterocycles. The first kappa shape index (κ1) is 62.0. The first-order valence-electron chi connectivity index (χ1n) is 26.1. The number of urea groups is 1. The molecule has 7 amide bonds. The maximum atomic E-state index is 13.6. The lowest BCUT2D eigenvalue weighted by Gasteiger charge is -2.26. The standard InChI is InChI=1S/C53H68N8O17S2/c1-35(78-53(67)56-20-19-49(64)60-33-38-12-4-3-10-36(38)17-18-37-11-5-6-13-41(37)60)39-30-43(73-2)44(31-42(39)61(68)69)77-23-9-16-48(63)57-32-46(80(70,71)72)51(65)55-22-25-75-27-29-76-28-26-74-24-21-54-47(62)15-8-7-14-45-50-40(34-79-45)58-52(66)59-50/h3-6,10-13,30-31,35,40,45-46,50H,7-9,14-16,19-29,32-34H2,1-2H3,(H,54,62)(H,55,65)(H,56,67)(H,57,63)(H2,58,59,66)(H,70,71,72)/t35?,40-,45-,46?,50-/m0/s1. The molecule has 0 bridgehead atoms. The van der Waals surface area contributed by atoms with Crippen LogP contribution in [0.5, 0.6) is 11.5 Å². The van der Waals surface area contributed by atoms with E-state index < -0.39 is 56.5 Å². The summed E-state index contributed by atoms with van der Waals surface area (Å²) in [5.41, 5.74) is 2.48. The van der Waals surface area contributed by atoms with Crippen LogP contribution in [0.4, 0.5) is 21.0 Å². The summed E-state index contributed by atoms with van der Waals surface area (Å²) in [5.74, 6) is 5.11. The minimum absolute atomic E-state index is 0.0130. The van der Waals surface area contributed by atoms with E-state index in [1.54, 1.807) is 11.0 Å². The number of fused-ring (bicyclic) bond motifs is 3. The highest BCUT2D eigenvalue weighted by Crippen LogP contribution is 2.39. The minimum atomic E-state index is -4.94. The van der Waals surface area contributed by atoms with Crippen molar-refractivity contribution in [2.24, 2.45) is 0 Å². The number of hydrogen-bond acceptors (Lipinski definition) is 17. The molecule has 0 aliphatic carbocycles. The smallest absolute Gasteiger partial charge is 0.407 e. The van der Waals surface area contributed by atoms with E-state index in [2.05, 4.69) is 43.7 Å². The fourth-order valence-corrected chi connectivity index (χ4v) is 11.0. The summed E-state index contributed by atoms with van der Waals surface area (Å²) in [4.78, 5) is 88.6. The highest BCUT2D eigenvalue weighted by Gasteiger charge is 2.42. The number of ether oxygens (including phenoxy) is 6. The van der Waals surface area contributed by atoms with Crippen LogP contribution in [0.3, 0.4) is 0 Å². The van der Waals surface area contributed by atoms with Crippen LogP contribution in [0.1, 0.15) is 80.2 Å². The van der Waals surface area contributed by atoms with Gasteiger partial charge in [0.2, 0.25) is 23.6 Å². The Kier molecular flexibility index (Phi) is 24.4. The van der Waals surface area contributed by atoms with Crippen molar-refractivity contribution >= 4 is 69.0 Å². The van der Waals surface area contributed by atoms with E-state index in [1.165, 1.54) is 20.1 Å². The Morgan fingerprint density at radius 1 is 0.812 bits per heavy atom. The number of nitro groups is 1. The molecule has 27 heteroatoms. The van der Waals surface area contributed by atoms with Crippen molar-refractivity contribution in [2.45, 2.75) is 87.1 Å². The van der Waals surface area contributed by atoms with Crippen molar-refractivity contribution in [1.29, 1.82) is 0 Å². The fraction of sp³-hybridized carbons (Fsp3) is 0.509. The van der Waals surface area contributed by atoms with Crippen molar-refractivity contribution in [3.63, 3.8) is 0 Å². The van der Waals surface area contributed by atoms with E-state index in [0.29, 0.717) is 36.1 Å². The highest BCUT2D eigenvalue weighted by molar-refractivity contribution is 8.00. The number of rotatable bonds is 33. The van der Waals surface area contributed by atoms with Gasteiger partial charge in [0.05, 0.1) is 94.2 Å². The first-order chi connectivity index (χ1) is 38.5. The van der Waals surface area contributed by atoms with E-state index in [-0.39, 0.29) is 126 Å². The third-order valence-corrected chi connectivity index (χ3v) is 15.5. The number of unbranched alkanes of at least 4 members (excludes halogenated alkanes) is 1. The number of alkyl carbamates (subject to hydrolysis) is 1. The molecule has 3 aliphatic rings. The number of benzene rings is 3. The van der Waals surface area contributed by atoms with Crippen molar-refractivity contribution in [1.82, 2.24) is 31.9 Å². The van der Waals surface area contributed by atoms with E-state index >= 15 is 0 Å². The van der Waals surface area contributed by atoms with Gasteiger partial charge in [-0.1, -0.05) is 48.6 Å². The van der Waals surface area contributed by atoms with Gasteiger partial charge in [0.25, 0.3) is 15.8 Å². The molecule has 0 spiro atoms. The van der Waals surface area contributed by atoms with Crippen LogP contribution in [0.15, 0.2) is 60.7 Å². The third-order valence-electron chi connectivity index (χ3n) is 12.9. The molecule has 3 aliphatic heterocycles. The van der Waals surface area contributed by atoms with Gasteiger partial charge in [0, 0.05) is 67.6 Å². The van der Waals surface area contributed by atoms with Gasteiger partial charge in [-0.3, -0.25) is 33.8 Å². The average Bonchev–Trinajstić information content (AvgIpc) is 4.01. The maximum absolute atomic E-state index is 13.6. The average molecular weight is 1150 g/mol. The van der Waals surface area contributed by atoms with Crippen molar-refractivity contribution in [3.8, 4) is 23.3 Å². The molecule has 3 heterocycles. The molecule has 80 heavy (non-hydrogen) atoms. The molecular formula is C53H68N8O17S2. The van der Waals surface area contributed by atoms with Crippen LogP contribution in [0, 0.1) is 22.0 Å². The summed E-state index contributed by atoms with van der Waals surface area (Å²) in [6.45, 7) is 2.15. The normalized spacial score (nSPS) is 16.8. The number of nitro benzene ring substituents is 1. The third kappa shape index (κ3) is 19.3. The molecule has 3 aromatic carbocycles. The monoisotopic (exact) mass is 1150 g/mol. The Morgan fingerprint density at radius 3 is 2.20 bits per heavy atom. The summed E-state index contributed by atoms with van der Waals surface area (Å²) in [6, 6.07) is 17.4. The molecule has 434 valence electrons. The fourth-order valence-electron chi connectivity index (χ4n) is 8.77. The number of carbonyl (C=O) groups excluding carboxylic acids is 6. The van der Waals surface area contributed by atoms with Crippen molar-refractivity contribution in [3.05, 3.63) is 93.0 Å². The van der Waals surface area contributed by atoms with Gasteiger partial charge in [-0.25, -0.2) is 9.59 Å². The quantitative estimate of drug-likeness (QED) is 0.0115. The van der Waals surface area contributed by atoms with Gasteiger partial charge >= 0.3 is 12.1 Å². The lowest BCUT2D eigenvalue weighted by atomic mass is 10.0. The SMILES string of the molecule is COc1cc(C(C)OC(=O)NCCC(=O)N2Cc3ccccc3C#Cc3ccccc32)c([N+](=O)[O-])cc1OCCCC(=O)NCC(C(=O)NCCOCCOCCOCCNC(=O)CCCC[C@@H]1SC[C@@H]2NC(=O)N[C@@H]21)S(=O)(=O)O. The van der Waals surface area contributed by atoms with Gasteiger partial charge in [-0.15, -0.1) is 0 Å². The molecule has 3 aromatic rings. The summed E-state index contributed by atoms with van der Waals surface area (Å²) in [5, 5.41) is 26.5. The van der Waals surface area contributed by atoms with Gasteiger partial charge in [0.15, 0.2) is 16.7 Å². The number of carbonyl (C=O) groups is 6. The minimum Gasteiger partial charge on any atom is -0.493 e. The first-order valence-corrected chi connectivity index (χ1v) is 28.7. The van der Waals surface area contributed by atoms with Gasteiger partial charge in [-0.05, 0) is 56.0 Å². The molecule has 7 N–H and O–H groups in total. The number of nitrogens with zero attached hydrogens (tertiary/aromatic N) is 2. The Bertz CT molecular complexity index is 2830. The van der Waals surface area contributed by atoms with Crippen LogP contribution >= 0.6 is 11.8 Å². The number of hydrogen-bond donors (Lipinski definition) is 7. The van der Waals surface area contributed by atoms with Crippen molar-refractivity contribution in [2.75, 3.05) is 90.2 Å². The zero-order valence-corrected chi connectivity index (χ0v) is 46.1. The zero-order valence-electron chi connectivity index (χ0n) is 44.5. The second-order valence-electron chi connectivity index (χ2n) is 18.6. The zero-order chi connectivity index (χ0) is 57.4.